The number of pyridine rings is 1. The van der Waals surface area contributed by atoms with Crippen molar-refractivity contribution in [1.82, 2.24) is 20.5 Å². The minimum atomic E-state index is 0. The van der Waals surface area contributed by atoms with Crippen LogP contribution >= 0.6 is 24.0 Å². The maximum atomic E-state index is 4.88. The SMILES string of the molecule is CCNC(=NCCC1CCN(CC)CC1)NC1CCN(c2cccc(C)n2)CC1.I. The van der Waals surface area contributed by atoms with E-state index in [4.69, 9.17) is 4.99 Å². The molecule has 0 spiro atoms. The lowest BCUT2D eigenvalue weighted by molar-refractivity contribution is 0.188. The number of aromatic nitrogens is 1. The molecule has 6 nitrogen and oxygen atoms in total. The van der Waals surface area contributed by atoms with Gasteiger partial charge in [0.05, 0.1) is 0 Å². The highest BCUT2D eigenvalue weighted by Gasteiger charge is 2.21. The molecule has 0 saturated carbocycles. The summed E-state index contributed by atoms with van der Waals surface area (Å²) in [6.07, 6.45) is 6.12. The number of rotatable bonds is 7. The van der Waals surface area contributed by atoms with E-state index < -0.39 is 0 Å². The Morgan fingerprint density at radius 3 is 2.47 bits per heavy atom. The molecule has 1 aromatic rings. The Morgan fingerprint density at radius 2 is 1.83 bits per heavy atom. The minimum Gasteiger partial charge on any atom is -0.357 e. The quantitative estimate of drug-likeness (QED) is 0.322. The summed E-state index contributed by atoms with van der Waals surface area (Å²) in [7, 11) is 0. The standard InChI is InChI=1S/C23H40N6.HI/c1-4-24-23(25-14-9-20-10-15-28(5-2)16-11-20)27-21-12-17-29(18-13-21)22-8-6-7-19(3)26-22;/h6-8,20-21H,4-5,9-18H2,1-3H3,(H2,24,25,27);1H. The molecule has 0 unspecified atom stereocenters. The van der Waals surface area contributed by atoms with Crippen LogP contribution in [0, 0.1) is 12.8 Å². The van der Waals surface area contributed by atoms with Gasteiger partial charge in [-0.25, -0.2) is 4.98 Å². The van der Waals surface area contributed by atoms with Crippen molar-refractivity contribution in [3.63, 3.8) is 0 Å². The zero-order valence-corrected chi connectivity index (χ0v) is 21.4. The van der Waals surface area contributed by atoms with Crippen LogP contribution in [0.25, 0.3) is 0 Å². The third-order valence-electron chi connectivity index (χ3n) is 6.34. The number of nitrogens with zero attached hydrogens (tertiary/aromatic N) is 4. The molecule has 0 bridgehead atoms. The van der Waals surface area contributed by atoms with Gasteiger partial charge in [-0.05, 0) is 83.6 Å². The van der Waals surface area contributed by atoms with Crippen LogP contribution in [0.5, 0.6) is 0 Å². The largest absolute Gasteiger partial charge is 0.357 e. The average Bonchev–Trinajstić information content (AvgIpc) is 2.75. The van der Waals surface area contributed by atoms with E-state index in [1.807, 2.05) is 0 Å². The van der Waals surface area contributed by atoms with Crippen LogP contribution in [0.4, 0.5) is 5.82 Å². The second kappa shape index (κ2) is 13.3. The summed E-state index contributed by atoms with van der Waals surface area (Å²) in [5.74, 6) is 2.94. The minimum absolute atomic E-state index is 0. The summed E-state index contributed by atoms with van der Waals surface area (Å²) >= 11 is 0. The first-order valence-corrected chi connectivity index (χ1v) is 11.6. The van der Waals surface area contributed by atoms with Gasteiger partial charge in [0.1, 0.15) is 5.82 Å². The van der Waals surface area contributed by atoms with E-state index in [1.165, 1.54) is 38.9 Å². The van der Waals surface area contributed by atoms with Gasteiger partial charge in [-0.3, -0.25) is 4.99 Å². The molecule has 2 N–H and O–H groups in total. The predicted molar refractivity (Wildman–Crippen MR) is 138 cm³/mol. The van der Waals surface area contributed by atoms with E-state index in [1.54, 1.807) is 0 Å². The molecule has 0 radical (unpaired) electrons. The lowest BCUT2D eigenvalue weighted by atomic mass is 9.94. The number of guanidine groups is 1. The lowest BCUT2D eigenvalue weighted by Crippen LogP contribution is -2.49. The maximum Gasteiger partial charge on any atom is 0.191 e. The third-order valence-corrected chi connectivity index (χ3v) is 6.34. The Bertz CT molecular complexity index is 636. The average molecular weight is 529 g/mol. The molecular weight excluding hydrogens is 487 g/mol. The molecule has 0 aliphatic carbocycles. The second-order valence-electron chi connectivity index (χ2n) is 8.47. The summed E-state index contributed by atoms with van der Waals surface area (Å²) < 4.78 is 0. The number of hydrogen-bond donors (Lipinski definition) is 2. The molecule has 1 aromatic heterocycles. The molecule has 7 heteroatoms. The van der Waals surface area contributed by atoms with Gasteiger partial charge in [-0.1, -0.05) is 13.0 Å². The van der Waals surface area contributed by atoms with Crippen LogP contribution in [-0.4, -0.2) is 67.7 Å². The number of piperidine rings is 2. The van der Waals surface area contributed by atoms with Gasteiger partial charge in [-0.15, -0.1) is 24.0 Å². The molecule has 3 rings (SSSR count). The number of likely N-dealkylation sites (tertiary alicyclic amines) is 1. The van der Waals surface area contributed by atoms with Crippen molar-refractivity contribution < 1.29 is 0 Å². The highest BCUT2D eigenvalue weighted by molar-refractivity contribution is 14.0. The molecule has 0 amide bonds. The van der Waals surface area contributed by atoms with Gasteiger partial charge in [0.15, 0.2) is 5.96 Å². The fourth-order valence-corrected chi connectivity index (χ4v) is 4.42. The number of halogens is 1. The maximum absolute atomic E-state index is 4.88. The van der Waals surface area contributed by atoms with Crippen LogP contribution in [-0.2, 0) is 0 Å². The molecular formula is C23H41IN6. The topological polar surface area (TPSA) is 55.8 Å². The van der Waals surface area contributed by atoms with Crippen LogP contribution in [0.2, 0.25) is 0 Å². The van der Waals surface area contributed by atoms with Crippen molar-refractivity contribution in [2.24, 2.45) is 10.9 Å². The monoisotopic (exact) mass is 528 g/mol. The fourth-order valence-electron chi connectivity index (χ4n) is 4.42. The van der Waals surface area contributed by atoms with Crippen molar-refractivity contribution in [3.8, 4) is 0 Å². The molecule has 2 aliphatic rings. The van der Waals surface area contributed by atoms with E-state index in [-0.39, 0.29) is 24.0 Å². The van der Waals surface area contributed by atoms with E-state index in [0.29, 0.717) is 6.04 Å². The van der Waals surface area contributed by atoms with Gasteiger partial charge in [0.25, 0.3) is 0 Å². The first-order chi connectivity index (χ1) is 14.2. The number of anilines is 1. The Hall–Kier alpha value is -1.09. The van der Waals surface area contributed by atoms with Crippen molar-refractivity contribution >= 4 is 35.8 Å². The molecule has 170 valence electrons. The van der Waals surface area contributed by atoms with Crippen molar-refractivity contribution in [2.45, 2.75) is 58.9 Å². The Kier molecular flexibility index (Phi) is 11.2. The summed E-state index contributed by atoms with van der Waals surface area (Å²) in [5.41, 5.74) is 1.09. The summed E-state index contributed by atoms with van der Waals surface area (Å²) in [6, 6.07) is 6.77. The zero-order valence-electron chi connectivity index (χ0n) is 19.1. The predicted octanol–water partition coefficient (Wildman–Crippen LogP) is 3.65. The highest BCUT2D eigenvalue weighted by atomic mass is 127. The lowest BCUT2D eigenvalue weighted by Gasteiger charge is -2.34. The van der Waals surface area contributed by atoms with Gasteiger partial charge in [0, 0.05) is 37.9 Å². The molecule has 30 heavy (non-hydrogen) atoms. The summed E-state index contributed by atoms with van der Waals surface area (Å²) in [5, 5.41) is 7.12. The van der Waals surface area contributed by atoms with E-state index in [2.05, 4.69) is 64.4 Å². The number of aryl methyl sites for hydroxylation is 1. The van der Waals surface area contributed by atoms with Gasteiger partial charge < -0.3 is 20.4 Å². The first kappa shape index (κ1) is 25.2. The van der Waals surface area contributed by atoms with Crippen LogP contribution in [0.15, 0.2) is 23.2 Å². The summed E-state index contributed by atoms with van der Waals surface area (Å²) in [6.45, 7) is 14.1. The Morgan fingerprint density at radius 1 is 1.10 bits per heavy atom. The van der Waals surface area contributed by atoms with E-state index in [9.17, 15) is 0 Å². The molecule has 2 aliphatic heterocycles. The smallest absolute Gasteiger partial charge is 0.191 e. The molecule has 0 aromatic carbocycles. The van der Waals surface area contributed by atoms with Crippen molar-refractivity contribution in [3.05, 3.63) is 23.9 Å². The van der Waals surface area contributed by atoms with E-state index in [0.717, 1.165) is 62.4 Å². The Labute approximate surface area is 200 Å². The molecule has 0 atom stereocenters. The van der Waals surface area contributed by atoms with Crippen LogP contribution in [0.1, 0.15) is 51.6 Å². The van der Waals surface area contributed by atoms with Gasteiger partial charge in [0.2, 0.25) is 0 Å². The number of aliphatic imine (C=N–C) groups is 1. The summed E-state index contributed by atoms with van der Waals surface area (Å²) in [4.78, 5) is 14.5. The highest BCUT2D eigenvalue weighted by Crippen LogP contribution is 2.20. The molecule has 2 fully saturated rings. The first-order valence-electron chi connectivity index (χ1n) is 11.6. The zero-order chi connectivity index (χ0) is 20.5. The van der Waals surface area contributed by atoms with Gasteiger partial charge in [-0.2, -0.15) is 0 Å². The normalized spacial score (nSPS) is 19.4. The molecule has 2 saturated heterocycles. The third kappa shape index (κ3) is 7.87. The van der Waals surface area contributed by atoms with Crippen molar-refractivity contribution in [1.29, 1.82) is 0 Å². The Balaban J connectivity index is 0.00000320. The van der Waals surface area contributed by atoms with Gasteiger partial charge >= 0.3 is 0 Å². The fraction of sp³-hybridized carbons (Fsp3) is 0.739. The van der Waals surface area contributed by atoms with Crippen LogP contribution < -0.4 is 15.5 Å². The van der Waals surface area contributed by atoms with Crippen molar-refractivity contribution in [2.75, 3.05) is 50.7 Å². The number of nitrogens with one attached hydrogen (secondary N) is 2. The van der Waals surface area contributed by atoms with Crippen LogP contribution in [0.3, 0.4) is 0 Å². The molecule has 3 heterocycles. The second-order valence-corrected chi connectivity index (χ2v) is 8.47. The van der Waals surface area contributed by atoms with E-state index >= 15 is 0 Å². The number of hydrogen-bond acceptors (Lipinski definition) is 4.